The highest BCUT2D eigenvalue weighted by atomic mass is 32.2. The predicted octanol–water partition coefficient (Wildman–Crippen LogP) is 1.17. The lowest BCUT2D eigenvalue weighted by Gasteiger charge is -2.35. The van der Waals surface area contributed by atoms with Gasteiger partial charge in [0.05, 0.1) is 34.6 Å². The van der Waals surface area contributed by atoms with Crippen LogP contribution >= 0.6 is 0 Å². The van der Waals surface area contributed by atoms with Gasteiger partial charge >= 0.3 is 0 Å². The molecule has 6 rings (SSSR count). The normalized spacial score (nSPS) is 25.5. The molecule has 3 aromatic rings. The molecule has 1 atom stereocenters. The van der Waals surface area contributed by atoms with Crippen LogP contribution in [-0.2, 0) is 22.7 Å². The van der Waals surface area contributed by atoms with Gasteiger partial charge in [-0.3, -0.25) is 4.68 Å². The first kappa shape index (κ1) is 25.7. The lowest BCUT2D eigenvalue weighted by molar-refractivity contribution is 0.332. The number of rotatable bonds is 8. The van der Waals surface area contributed by atoms with Crippen molar-refractivity contribution in [3.63, 3.8) is 0 Å². The molecular weight excluding hydrogens is 516 g/mol. The van der Waals surface area contributed by atoms with E-state index >= 15 is 0 Å². The third kappa shape index (κ3) is 5.09. The van der Waals surface area contributed by atoms with Gasteiger partial charge in [0.25, 0.3) is 10.0 Å². The van der Waals surface area contributed by atoms with Crippen LogP contribution in [0, 0.1) is 0 Å². The number of allylic oxidation sites excluding steroid dienone is 1. The maximum Gasteiger partial charge on any atom is 0.256 e. The van der Waals surface area contributed by atoms with Crippen molar-refractivity contribution in [1.82, 2.24) is 44.9 Å². The van der Waals surface area contributed by atoms with E-state index in [0.29, 0.717) is 42.0 Å². The minimum absolute atomic E-state index is 0.315. The van der Waals surface area contributed by atoms with Crippen LogP contribution in [0.15, 0.2) is 54.9 Å². The molecule has 13 heteroatoms. The first-order valence-electron chi connectivity index (χ1n) is 13.3. The number of nitrogens with zero attached hydrogens (tertiary/aromatic N) is 6. The Morgan fingerprint density at radius 1 is 1.13 bits per heavy atom. The summed E-state index contributed by atoms with van der Waals surface area (Å²) in [6, 6.07) is 4.59. The maximum absolute atomic E-state index is 12.6. The first-order valence-corrected chi connectivity index (χ1v) is 14.8. The highest BCUT2D eigenvalue weighted by Gasteiger charge is 2.38. The molecule has 3 aliphatic rings. The van der Waals surface area contributed by atoms with E-state index in [4.69, 9.17) is 10.7 Å². The van der Waals surface area contributed by atoms with Crippen LogP contribution in [0.3, 0.4) is 0 Å². The number of aromatic nitrogens is 6. The van der Waals surface area contributed by atoms with Gasteiger partial charge in [0.2, 0.25) is 0 Å². The van der Waals surface area contributed by atoms with Crippen molar-refractivity contribution in [3.05, 3.63) is 66.3 Å². The molecule has 1 aliphatic heterocycles. The Kier molecular flexibility index (Phi) is 6.52. The van der Waals surface area contributed by atoms with E-state index in [1.54, 1.807) is 16.9 Å². The molecule has 0 aromatic carbocycles. The number of hydrogen-bond donors (Lipinski definition) is 4. The second kappa shape index (κ2) is 9.88. The Morgan fingerprint density at radius 3 is 2.59 bits per heavy atom. The van der Waals surface area contributed by atoms with Crippen molar-refractivity contribution >= 4 is 15.6 Å². The molecule has 2 saturated carbocycles. The third-order valence-electron chi connectivity index (χ3n) is 7.71. The van der Waals surface area contributed by atoms with Crippen LogP contribution in [0.1, 0.15) is 49.9 Å². The highest BCUT2D eigenvalue weighted by molar-refractivity contribution is 7.90. The molecule has 3 aromatic heterocycles. The molecular formula is C26H34N10O2S. The average Bonchev–Trinajstić information content (AvgIpc) is 3.53. The molecule has 0 bridgehead atoms. The second-order valence-electron chi connectivity index (χ2n) is 10.6. The van der Waals surface area contributed by atoms with Crippen molar-refractivity contribution < 1.29 is 8.42 Å². The van der Waals surface area contributed by atoms with E-state index in [0.717, 1.165) is 46.7 Å². The molecule has 4 heterocycles. The van der Waals surface area contributed by atoms with Crippen LogP contribution in [0.5, 0.6) is 0 Å². The van der Waals surface area contributed by atoms with E-state index in [1.165, 1.54) is 12.4 Å². The van der Waals surface area contributed by atoms with Crippen molar-refractivity contribution in [2.75, 3.05) is 7.05 Å². The topological polar surface area (TPSA) is 158 Å². The van der Waals surface area contributed by atoms with E-state index in [-0.39, 0.29) is 5.25 Å². The molecule has 1 unspecified atom stereocenters. The van der Waals surface area contributed by atoms with E-state index in [1.807, 2.05) is 38.6 Å². The van der Waals surface area contributed by atoms with Crippen LogP contribution < -0.4 is 21.7 Å². The van der Waals surface area contributed by atoms with Crippen LogP contribution in [0.4, 0.5) is 0 Å². The van der Waals surface area contributed by atoms with Gasteiger partial charge in [-0.2, -0.15) is 14.3 Å². The molecule has 0 saturated heterocycles. The van der Waals surface area contributed by atoms with Gasteiger partial charge in [-0.1, -0.05) is 0 Å². The van der Waals surface area contributed by atoms with E-state index in [9.17, 15) is 8.42 Å². The first-order chi connectivity index (χ1) is 18.7. The minimum atomic E-state index is -3.48. The predicted molar refractivity (Wildman–Crippen MR) is 147 cm³/mol. The Morgan fingerprint density at radius 2 is 1.90 bits per heavy atom. The van der Waals surface area contributed by atoms with Gasteiger partial charge in [-0.15, -0.1) is 0 Å². The van der Waals surface area contributed by atoms with Gasteiger partial charge in [0.1, 0.15) is 0 Å². The Bertz CT molecular complexity index is 1530. The van der Waals surface area contributed by atoms with E-state index in [2.05, 4.69) is 31.1 Å². The Labute approximate surface area is 227 Å². The monoisotopic (exact) mass is 550 g/mol. The van der Waals surface area contributed by atoms with Crippen molar-refractivity contribution in [2.45, 2.75) is 61.5 Å². The summed E-state index contributed by atoms with van der Waals surface area (Å²) in [5.41, 5.74) is 9.50. The summed E-state index contributed by atoms with van der Waals surface area (Å²) in [5.74, 6) is 0.351. The van der Waals surface area contributed by atoms with Crippen molar-refractivity contribution in [3.8, 4) is 11.4 Å². The largest absolute Gasteiger partial charge is 0.382 e. The molecule has 0 amide bonds. The minimum Gasteiger partial charge on any atom is -0.382 e. The lowest BCUT2D eigenvalue weighted by Crippen LogP contribution is -2.50. The van der Waals surface area contributed by atoms with Gasteiger partial charge < -0.3 is 21.7 Å². The number of hydrogen-bond acceptors (Lipinski definition) is 10. The van der Waals surface area contributed by atoms with Crippen LogP contribution in [0.2, 0.25) is 0 Å². The quantitative estimate of drug-likeness (QED) is 0.321. The molecule has 39 heavy (non-hydrogen) atoms. The summed E-state index contributed by atoms with van der Waals surface area (Å²) in [4.78, 5) is 9.09. The summed E-state index contributed by atoms with van der Waals surface area (Å²) >= 11 is 0. The number of nitrogens with two attached hydrogens (primary N) is 1. The van der Waals surface area contributed by atoms with Gasteiger partial charge in [-0.05, 0) is 63.8 Å². The molecule has 5 N–H and O–H groups in total. The summed E-state index contributed by atoms with van der Waals surface area (Å²) in [6.45, 7) is 0. The van der Waals surface area contributed by atoms with Crippen LogP contribution in [0.25, 0.3) is 17.0 Å². The van der Waals surface area contributed by atoms with Gasteiger partial charge in [0.15, 0.2) is 11.5 Å². The zero-order valence-corrected chi connectivity index (χ0v) is 22.9. The van der Waals surface area contributed by atoms with Crippen molar-refractivity contribution in [2.24, 2.45) is 12.8 Å². The number of aryl methyl sites for hydroxylation is 1. The summed E-state index contributed by atoms with van der Waals surface area (Å²) in [5, 5.41) is 18.8. The maximum atomic E-state index is 12.6. The average molecular weight is 551 g/mol. The molecule has 12 nitrogen and oxygen atoms in total. The second-order valence-corrected chi connectivity index (χ2v) is 12.7. The lowest BCUT2D eigenvalue weighted by atomic mass is 9.90. The molecule has 0 spiro atoms. The van der Waals surface area contributed by atoms with Crippen LogP contribution in [-0.4, -0.2) is 61.7 Å². The molecule has 206 valence electrons. The zero-order valence-electron chi connectivity index (χ0n) is 22.1. The third-order valence-corrected chi connectivity index (χ3v) is 9.74. The number of dihydropyridines is 1. The molecule has 2 fully saturated rings. The van der Waals surface area contributed by atoms with Gasteiger partial charge in [0, 0.05) is 49.0 Å². The standard InChI is InChI=1S/C26H34N10O2S/c1-28-18-3-5-19(6-4-18)32-23-13-26(27,30-15-21(23)22-10-12-35(2)34-22)24-9-11-29-25(33-24)17-14-31-36(16-17)39(37,38)20-7-8-20/h9-16,18-20,28,30,32H,3-8,27H2,1-2H3. The summed E-state index contributed by atoms with van der Waals surface area (Å²) in [7, 11) is 0.435. The fourth-order valence-electron chi connectivity index (χ4n) is 5.21. The highest BCUT2D eigenvalue weighted by Crippen LogP contribution is 2.32. The Hall–Kier alpha value is -3.55. The summed E-state index contributed by atoms with van der Waals surface area (Å²) in [6.07, 6.45) is 16.0. The molecule has 2 aliphatic carbocycles. The van der Waals surface area contributed by atoms with Crippen molar-refractivity contribution in [1.29, 1.82) is 0 Å². The zero-order chi connectivity index (χ0) is 27.2. The fraction of sp³-hybridized carbons (Fsp3) is 0.462. The summed E-state index contributed by atoms with van der Waals surface area (Å²) < 4.78 is 28.0. The number of nitrogens with one attached hydrogen (secondary N) is 3. The van der Waals surface area contributed by atoms with Gasteiger partial charge in [-0.25, -0.2) is 18.4 Å². The molecule has 0 radical (unpaired) electrons. The smallest absolute Gasteiger partial charge is 0.256 e. The Balaban J connectivity index is 1.30. The SMILES string of the molecule is CNC1CCC(NC2=CC(N)(c3ccnc(-c4cnn(S(=O)(=O)C5CC5)c4)n3)NC=C2c2ccn(C)n2)CC1. The van der Waals surface area contributed by atoms with E-state index < -0.39 is 15.7 Å². The fourth-order valence-corrected chi connectivity index (χ4v) is 6.68.